The number of rotatable bonds is 8. The van der Waals surface area contributed by atoms with Crippen LogP contribution in [0.2, 0.25) is 0 Å². The number of aromatic nitrogens is 2. The summed E-state index contributed by atoms with van der Waals surface area (Å²) in [4.78, 5) is 44.5. The predicted molar refractivity (Wildman–Crippen MR) is 128 cm³/mol. The Labute approximate surface area is 193 Å². The van der Waals surface area contributed by atoms with Gasteiger partial charge in [-0.05, 0) is 56.2 Å². The minimum absolute atomic E-state index is 0.138. The zero-order valence-corrected chi connectivity index (χ0v) is 19.5. The lowest BCUT2D eigenvalue weighted by molar-refractivity contribution is 0.0526. The van der Waals surface area contributed by atoms with Gasteiger partial charge in [-0.1, -0.05) is 26.0 Å². The molecule has 0 bridgehead atoms. The smallest absolute Gasteiger partial charge is 0.338 e. The molecule has 2 amide bonds. The van der Waals surface area contributed by atoms with E-state index < -0.39 is 5.97 Å². The second-order valence-electron chi connectivity index (χ2n) is 7.70. The van der Waals surface area contributed by atoms with Crippen LogP contribution in [0.5, 0.6) is 0 Å². The van der Waals surface area contributed by atoms with E-state index in [9.17, 15) is 14.4 Å². The molecular formula is C25H30N4O4. The molecule has 0 saturated carbocycles. The largest absolute Gasteiger partial charge is 0.462 e. The van der Waals surface area contributed by atoms with Gasteiger partial charge in [0, 0.05) is 19.3 Å². The van der Waals surface area contributed by atoms with Crippen LogP contribution >= 0.6 is 0 Å². The Balaban J connectivity index is 1.90. The van der Waals surface area contributed by atoms with Crippen molar-refractivity contribution in [1.82, 2.24) is 14.5 Å². The topological polar surface area (TPSA) is 93.5 Å². The van der Waals surface area contributed by atoms with Crippen LogP contribution in [0.4, 0.5) is 10.5 Å². The van der Waals surface area contributed by atoms with Gasteiger partial charge in [-0.2, -0.15) is 0 Å². The number of para-hydroxylation sites is 1. The molecule has 0 aliphatic carbocycles. The highest BCUT2D eigenvalue weighted by atomic mass is 16.5. The lowest BCUT2D eigenvalue weighted by atomic mass is 10.1. The minimum Gasteiger partial charge on any atom is -0.462 e. The maximum atomic E-state index is 13.3. The highest BCUT2D eigenvalue weighted by molar-refractivity contribution is 5.92. The maximum absolute atomic E-state index is 13.3. The summed E-state index contributed by atoms with van der Waals surface area (Å²) < 4.78 is 6.52. The SMILES string of the molecule is CCCN(C(=O)Nc1ccc(C(=O)OCC)cc1)C(CC)c1nc2ccccc2c(=O)n1C. The summed E-state index contributed by atoms with van der Waals surface area (Å²) in [6.45, 7) is 6.50. The number of esters is 1. The van der Waals surface area contributed by atoms with Crippen molar-refractivity contribution in [3.8, 4) is 0 Å². The van der Waals surface area contributed by atoms with Crippen LogP contribution in [0.1, 0.15) is 55.8 Å². The first-order chi connectivity index (χ1) is 15.9. The lowest BCUT2D eigenvalue weighted by Gasteiger charge is -2.31. The van der Waals surface area contributed by atoms with Gasteiger partial charge in [0.1, 0.15) is 5.82 Å². The van der Waals surface area contributed by atoms with Crippen LogP contribution < -0.4 is 10.9 Å². The molecule has 2 aromatic carbocycles. The van der Waals surface area contributed by atoms with Crippen molar-refractivity contribution >= 4 is 28.6 Å². The first-order valence-corrected chi connectivity index (χ1v) is 11.2. The molecule has 3 aromatic rings. The molecule has 0 aliphatic heterocycles. The molecule has 174 valence electrons. The summed E-state index contributed by atoms with van der Waals surface area (Å²) in [5.41, 5.74) is 1.45. The normalized spacial score (nSPS) is 11.8. The molecule has 1 unspecified atom stereocenters. The van der Waals surface area contributed by atoms with E-state index in [0.29, 0.717) is 47.6 Å². The predicted octanol–water partition coefficient (Wildman–Crippen LogP) is 4.51. The average Bonchev–Trinajstić information content (AvgIpc) is 2.82. The summed E-state index contributed by atoms with van der Waals surface area (Å²) in [5, 5.41) is 3.45. The molecule has 1 aromatic heterocycles. The van der Waals surface area contributed by atoms with Gasteiger partial charge >= 0.3 is 12.0 Å². The molecular weight excluding hydrogens is 420 g/mol. The van der Waals surface area contributed by atoms with Crippen LogP contribution in [-0.4, -0.2) is 39.6 Å². The zero-order chi connectivity index (χ0) is 24.0. The third-order valence-electron chi connectivity index (χ3n) is 5.45. The highest BCUT2D eigenvalue weighted by Gasteiger charge is 2.27. The molecule has 8 nitrogen and oxygen atoms in total. The molecule has 1 N–H and O–H groups in total. The number of fused-ring (bicyclic) bond motifs is 1. The van der Waals surface area contributed by atoms with Gasteiger partial charge < -0.3 is 15.0 Å². The van der Waals surface area contributed by atoms with Gasteiger partial charge in [0.05, 0.1) is 29.1 Å². The highest BCUT2D eigenvalue weighted by Crippen LogP contribution is 2.25. The number of urea groups is 1. The van der Waals surface area contributed by atoms with Crippen molar-refractivity contribution in [3.63, 3.8) is 0 Å². The molecule has 33 heavy (non-hydrogen) atoms. The van der Waals surface area contributed by atoms with Gasteiger partial charge in [-0.15, -0.1) is 0 Å². The van der Waals surface area contributed by atoms with Gasteiger partial charge in [0.2, 0.25) is 0 Å². The Kier molecular flexibility index (Phi) is 7.82. The molecule has 1 atom stereocenters. The number of nitrogens with zero attached hydrogens (tertiary/aromatic N) is 3. The Morgan fingerprint density at radius 2 is 1.79 bits per heavy atom. The first kappa shape index (κ1) is 24.0. The van der Waals surface area contributed by atoms with E-state index in [4.69, 9.17) is 9.72 Å². The second kappa shape index (κ2) is 10.8. The fourth-order valence-electron chi connectivity index (χ4n) is 3.81. The third-order valence-corrected chi connectivity index (χ3v) is 5.45. The maximum Gasteiger partial charge on any atom is 0.338 e. The molecule has 1 heterocycles. The van der Waals surface area contributed by atoms with Crippen LogP contribution in [-0.2, 0) is 11.8 Å². The Hall–Kier alpha value is -3.68. The molecule has 0 aliphatic rings. The molecule has 0 spiro atoms. The van der Waals surface area contributed by atoms with Crippen molar-refractivity contribution < 1.29 is 14.3 Å². The number of amides is 2. The van der Waals surface area contributed by atoms with Crippen molar-refractivity contribution in [1.29, 1.82) is 0 Å². The van der Waals surface area contributed by atoms with Gasteiger partial charge in [0.15, 0.2) is 0 Å². The third kappa shape index (κ3) is 5.22. The van der Waals surface area contributed by atoms with E-state index in [-0.39, 0.29) is 17.6 Å². The van der Waals surface area contributed by atoms with Crippen molar-refractivity contribution in [2.75, 3.05) is 18.5 Å². The number of ether oxygens (including phenoxy) is 1. The summed E-state index contributed by atoms with van der Waals surface area (Å²) in [6.07, 6.45) is 1.33. The quantitative estimate of drug-likeness (QED) is 0.510. The number of nitrogens with one attached hydrogen (secondary N) is 1. The molecule has 0 radical (unpaired) electrons. The second-order valence-corrected chi connectivity index (χ2v) is 7.70. The molecule has 0 fully saturated rings. The van der Waals surface area contributed by atoms with Gasteiger partial charge in [-0.25, -0.2) is 14.6 Å². The summed E-state index contributed by atoms with van der Waals surface area (Å²) in [7, 11) is 1.69. The Morgan fingerprint density at radius 1 is 1.09 bits per heavy atom. The summed E-state index contributed by atoms with van der Waals surface area (Å²) in [6, 6.07) is 13.1. The minimum atomic E-state index is -0.405. The van der Waals surface area contributed by atoms with Crippen molar-refractivity contribution in [2.45, 2.75) is 39.7 Å². The fraction of sp³-hybridized carbons (Fsp3) is 0.360. The molecule has 3 rings (SSSR count). The van der Waals surface area contributed by atoms with Crippen molar-refractivity contribution in [3.05, 3.63) is 70.3 Å². The number of anilines is 1. The number of carbonyl (C=O) groups excluding carboxylic acids is 2. The van der Waals surface area contributed by atoms with E-state index in [1.54, 1.807) is 49.2 Å². The fourth-order valence-corrected chi connectivity index (χ4v) is 3.81. The van der Waals surface area contributed by atoms with Crippen LogP contribution in [0, 0.1) is 0 Å². The van der Waals surface area contributed by atoms with E-state index in [1.807, 2.05) is 32.0 Å². The Bertz CT molecular complexity index is 1190. The summed E-state index contributed by atoms with van der Waals surface area (Å²) >= 11 is 0. The number of hydrogen-bond donors (Lipinski definition) is 1. The van der Waals surface area contributed by atoms with Gasteiger partial charge in [-0.3, -0.25) is 9.36 Å². The van der Waals surface area contributed by atoms with E-state index in [0.717, 1.165) is 6.42 Å². The standard InChI is InChI=1S/C25H30N4O4/c1-5-16-29(25(32)26-18-14-12-17(13-15-18)24(31)33-7-3)21(6-2)22-27-20-11-9-8-10-19(20)23(30)28(22)4/h8-15,21H,5-7,16H2,1-4H3,(H,26,32). The number of carbonyl (C=O) groups is 2. The van der Waals surface area contributed by atoms with E-state index >= 15 is 0 Å². The zero-order valence-electron chi connectivity index (χ0n) is 19.5. The summed E-state index contributed by atoms with van der Waals surface area (Å²) in [5.74, 6) is 0.139. The number of hydrogen-bond acceptors (Lipinski definition) is 5. The molecule has 8 heteroatoms. The monoisotopic (exact) mass is 450 g/mol. The van der Waals surface area contributed by atoms with Crippen LogP contribution in [0.25, 0.3) is 10.9 Å². The molecule has 0 saturated heterocycles. The lowest BCUT2D eigenvalue weighted by Crippen LogP contribution is -2.41. The van der Waals surface area contributed by atoms with Crippen molar-refractivity contribution in [2.24, 2.45) is 7.05 Å². The van der Waals surface area contributed by atoms with Crippen LogP contribution in [0.15, 0.2) is 53.3 Å². The van der Waals surface area contributed by atoms with Crippen LogP contribution in [0.3, 0.4) is 0 Å². The first-order valence-electron chi connectivity index (χ1n) is 11.2. The van der Waals surface area contributed by atoms with E-state index in [1.165, 1.54) is 4.57 Å². The van der Waals surface area contributed by atoms with Gasteiger partial charge in [0.25, 0.3) is 5.56 Å². The Morgan fingerprint density at radius 3 is 2.42 bits per heavy atom. The van der Waals surface area contributed by atoms with E-state index in [2.05, 4.69) is 5.32 Å². The average molecular weight is 451 g/mol. The number of benzene rings is 2.